The lowest BCUT2D eigenvalue weighted by Crippen LogP contribution is -2.31. The third-order valence-corrected chi connectivity index (χ3v) is 7.33. The van der Waals surface area contributed by atoms with Gasteiger partial charge in [-0.2, -0.15) is 5.10 Å². The molecule has 6 rings (SSSR count). The van der Waals surface area contributed by atoms with E-state index in [1.165, 1.54) is 0 Å². The van der Waals surface area contributed by atoms with Gasteiger partial charge < -0.3 is 10.2 Å². The Hall–Kier alpha value is -3.17. The first kappa shape index (κ1) is 23.2. The first-order chi connectivity index (χ1) is 17.5. The van der Waals surface area contributed by atoms with Crippen LogP contribution in [0.1, 0.15) is 36.9 Å². The number of nitrogens with one attached hydrogen (secondary N) is 1. The average molecular weight is 513 g/mol. The van der Waals surface area contributed by atoms with Gasteiger partial charge in [0, 0.05) is 42.0 Å². The first-order valence-corrected chi connectivity index (χ1v) is 12.4. The third kappa shape index (κ3) is 4.20. The second-order valence-corrected chi connectivity index (χ2v) is 9.80. The standard InChI is InChI=1S/C26H24ClF3N6/c27-20-12-32-22-5-6-24(35-14-17(29)9-23(35)19-8-16(28)3-4-21(19)30)34-26(22)25(20)15-10-33-36(13-15)18-2-1-7-31-11-18/h3-6,8,10,12-13,17-18,23,31H,1-2,7,9,11,14H2/t17-,18+,23+/m0/s1. The quantitative estimate of drug-likeness (QED) is 0.383. The molecule has 4 aromatic rings. The van der Waals surface area contributed by atoms with Gasteiger partial charge in [0.05, 0.1) is 35.4 Å². The zero-order chi connectivity index (χ0) is 24.8. The minimum absolute atomic E-state index is 0.0229. The van der Waals surface area contributed by atoms with E-state index in [0.29, 0.717) is 27.4 Å². The Morgan fingerprint density at radius 2 is 2.00 bits per heavy atom. The SMILES string of the molecule is Fc1ccc(F)c([C@H]2C[C@H](F)CN2c2ccc3ncc(Cl)c(-c4cnn([C@@H]5CCCNC5)c4)c3n2)c1. The molecule has 2 aliphatic heterocycles. The lowest BCUT2D eigenvalue weighted by Gasteiger charge is -2.26. The Kier molecular flexibility index (Phi) is 6.05. The van der Waals surface area contributed by atoms with Gasteiger partial charge in [-0.15, -0.1) is 0 Å². The Morgan fingerprint density at radius 3 is 2.83 bits per heavy atom. The van der Waals surface area contributed by atoms with Crippen molar-refractivity contribution in [1.29, 1.82) is 0 Å². The summed E-state index contributed by atoms with van der Waals surface area (Å²) in [7, 11) is 0. The summed E-state index contributed by atoms with van der Waals surface area (Å²) in [6, 6.07) is 6.36. The van der Waals surface area contributed by atoms with Crippen LogP contribution in [-0.2, 0) is 0 Å². The Bertz CT molecular complexity index is 1420. The molecule has 0 unspecified atom stereocenters. The number of pyridine rings is 2. The van der Waals surface area contributed by atoms with Crippen molar-refractivity contribution in [3.05, 3.63) is 71.1 Å². The van der Waals surface area contributed by atoms with E-state index in [-0.39, 0.29) is 24.6 Å². The molecule has 0 saturated carbocycles. The van der Waals surface area contributed by atoms with Crippen molar-refractivity contribution in [3.8, 4) is 11.1 Å². The van der Waals surface area contributed by atoms with E-state index in [1.54, 1.807) is 29.4 Å². The number of aromatic nitrogens is 4. The Balaban J connectivity index is 1.42. The molecular formula is C26H24ClF3N6. The van der Waals surface area contributed by atoms with E-state index in [1.807, 2.05) is 10.9 Å². The van der Waals surface area contributed by atoms with Crippen LogP contribution in [0.3, 0.4) is 0 Å². The Labute approximate surface area is 211 Å². The minimum atomic E-state index is -1.20. The molecule has 1 N–H and O–H groups in total. The predicted molar refractivity (Wildman–Crippen MR) is 133 cm³/mol. The number of piperidine rings is 1. The lowest BCUT2D eigenvalue weighted by molar-refractivity contribution is 0.347. The van der Waals surface area contributed by atoms with E-state index in [0.717, 1.165) is 49.7 Å². The highest BCUT2D eigenvalue weighted by atomic mass is 35.5. The van der Waals surface area contributed by atoms with Gasteiger partial charge >= 0.3 is 0 Å². The van der Waals surface area contributed by atoms with Crippen molar-refractivity contribution in [3.63, 3.8) is 0 Å². The van der Waals surface area contributed by atoms with Crippen molar-refractivity contribution in [2.75, 3.05) is 24.5 Å². The number of hydrogen-bond donors (Lipinski definition) is 1. The third-order valence-electron chi connectivity index (χ3n) is 7.05. The smallest absolute Gasteiger partial charge is 0.130 e. The number of halogens is 4. The number of alkyl halides is 1. The maximum atomic E-state index is 14.6. The van der Waals surface area contributed by atoms with Crippen molar-refractivity contribution >= 4 is 28.5 Å². The molecule has 36 heavy (non-hydrogen) atoms. The largest absolute Gasteiger partial charge is 0.346 e. The summed E-state index contributed by atoms with van der Waals surface area (Å²) in [5.41, 5.74) is 2.77. The van der Waals surface area contributed by atoms with Crippen LogP contribution in [0.2, 0.25) is 5.02 Å². The van der Waals surface area contributed by atoms with Gasteiger partial charge in [-0.25, -0.2) is 18.2 Å². The van der Waals surface area contributed by atoms with E-state index in [9.17, 15) is 13.2 Å². The molecule has 2 fully saturated rings. The number of rotatable bonds is 4. The van der Waals surface area contributed by atoms with Gasteiger partial charge in [-0.3, -0.25) is 9.67 Å². The van der Waals surface area contributed by atoms with Crippen LogP contribution in [0, 0.1) is 11.6 Å². The van der Waals surface area contributed by atoms with E-state index < -0.39 is 23.8 Å². The predicted octanol–water partition coefficient (Wildman–Crippen LogP) is 5.64. The number of hydrogen-bond acceptors (Lipinski definition) is 5. The van der Waals surface area contributed by atoms with Crippen molar-refractivity contribution in [2.45, 2.75) is 37.5 Å². The molecule has 3 atom stereocenters. The number of nitrogens with zero attached hydrogens (tertiary/aromatic N) is 5. The number of anilines is 1. The zero-order valence-corrected chi connectivity index (χ0v) is 20.1. The van der Waals surface area contributed by atoms with Crippen LogP contribution >= 0.6 is 11.6 Å². The second kappa shape index (κ2) is 9.37. The van der Waals surface area contributed by atoms with Gasteiger partial charge in [0.1, 0.15) is 29.1 Å². The minimum Gasteiger partial charge on any atom is -0.346 e. The van der Waals surface area contributed by atoms with Crippen LogP contribution in [0.25, 0.3) is 22.2 Å². The van der Waals surface area contributed by atoms with Crippen LogP contribution in [0.15, 0.2) is 48.9 Å². The van der Waals surface area contributed by atoms with Gasteiger partial charge in [-0.1, -0.05) is 11.6 Å². The fourth-order valence-electron chi connectivity index (χ4n) is 5.30. The van der Waals surface area contributed by atoms with Crippen LogP contribution in [-0.4, -0.2) is 45.6 Å². The molecular weight excluding hydrogens is 489 g/mol. The van der Waals surface area contributed by atoms with Gasteiger partial charge in [0.25, 0.3) is 0 Å². The highest BCUT2D eigenvalue weighted by Crippen LogP contribution is 2.40. The van der Waals surface area contributed by atoms with Crippen LogP contribution < -0.4 is 10.2 Å². The molecule has 3 aromatic heterocycles. The maximum absolute atomic E-state index is 14.6. The van der Waals surface area contributed by atoms with Gasteiger partial charge in [0.2, 0.25) is 0 Å². The highest BCUT2D eigenvalue weighted by molar-refractivity contribution is 6.34. The normalized spacial score (nSPS) is 22.4. The highest BCUT2D eigenvalue weighted by Gasteiger charge is 2.36. The summed E-state index contributed by atoms with van der Waals surface area (Å²) < 4.78 is 45.1. The molecule has 2 aliphatic rings. The summed E-state index contributed by atoms with van der Waals surface area (Å²) in [6.45, 7) is 1.88. The van der Waals surface area contributed by atoms with Crippen LogP contribution in [0.4, 0.5) is 19.0 Å². The molecule has 0 amide bonds. The molecule has 6 nitrogen and oxygen atoms in total. The van der Waals surface area contributed by atoms with E-state index in [2.05, 4.69) is 15.4 Å². The molecule has 0 bridgehead atoms. The van der Waals surface area contributed by atoms with Crippen molar-refractivity contribution in [2.24, 2.45) is 0 Å². The summed E-state index contributed by atoms with van der Waals surface area (Å²) in [5.74, 6) is -0.689. The zero-order valence-electron chi connectivity index (χ0n) is 19.3. The topological polar surface area (TPSA) is 58.9 Å². The molecule has 0 spiro atoms. The first-order valence-electron chi connectivity index (χ1n) is 12.0. The van der Waals surface area contributed by atoms with Gasteiger partial charge in [-0.05, 0) is 49.7 Å². The number of benzene rings is 1. The average Bonchev–Trinajstić information content (AvgIpc) is 3.53. The van der Waals surface area contributed by atoms with Crippen LogP contribution in [0.5, 0.6) is 0 Å². The number of fused-ring (bicyclic) bond motifs is 1. The molecule has 186 valence electrons. The summed E-state index contributed by atoms with van der Waals surface area (Å²) >= 11 is 6.61. The lowest BCUT2D eigenvalue weighted by atomic mass is 10.0. The summed E-state index contributed by atoms with van der Waals surface area (Å²) in [4.78, 5) is 10.9. The molecule has 10 heteroatoms. The molecule has 0 radical (unpaired) electrons. The second-order valence-electron chi connectivity index (χ2n) is 9.39. The molecule has 0 aliphatic carbocycles. The van der Waals surface area contributed by atoms with Crippen molar-refractivity contribution < 1.29 is 13.2 Å². The molecule has 2 saturated heterocycles. The molecule has 5 heterocycles. The van der Waals surface area contributed by atoms with E-state index in [4.69, 9.17) is 16.6 Å². The fraction of sp³-hybridized carbons (Fsp3) is 0.346. The summed E-state index contributed by atoms with van der Waals surface area (Å²) in [5, 5.41) is 8.39. The molecule has 1 aromatic carbocycles. The van der Waals surface area contributed by atoms with E-state index >= 15 is 0 Å². The Morgan fingerprint density at radius 1 is 1.11 bits per heavy atom. The van der Waals surface area contributed by atoms with Gasteiger partial charge in [0.15, 0.2) is 0 Å². The summed E-state index contributed by atoms with van der Waals surface area (Å²) in [6.07, 6.45) is 6.28. The monoisotopic (exact) mass is 512 g/mol. The fourth-order valence-corrected chi connectivity index (χ4v) is 5.54. The van der Waals surface area contributed by atoms with Crippen molar-refractivity contribution in [1.82, 2.24) is 25.1 Å². The maximum Gasteiger partial charge on any atom is 0.130 e.